The summed E-state index contributed by atoms with van der Waals surface area (Å²) in [5.41, 5.74) is 3.27. The van der Waals surface area contributed by atoms with Gasteiger partial charge in [0, 0.05) is 38.6 Å². The van der Waals surface area contributed by atoms with E-state index in [9.17, 15) is 9.18 Å². The lowest BCUT2D eigenvalue weighted by Gasteiger charge is -2.39. The largest absolute Gasteiger partial charge is 0.473 e. The zero-order valence-corrected chi connectivity index (χ0v) is 24.0. The average molecular weight is 573 g/mol. The highest BCUT2D eigenvalue weighted by atomic mass is 19.1. The van der Waals surface area contributed by atoms with Gasteiger partial charge in [0.2, 0.25) is 5.91 Å². The van der Waals surface area contributed by atoms with Gasteiger partial charge in [-0.15, -0.1) is 0 Å². The first kappa shape index (κ1) is 32.2. The van der Waals surface area contributed by atoms with E-state index in [1.165, 1.54) is 17.7 Å². The Morgan fingerprint density at radius 3 is 2.07 bits per heavy atom. The molecule has 2 aliphatic rings. The molecule has 9 nitrogen and oxygen atoms in total. The molecule has 4 rings (SSSR count). The van der Waals surface area contributed by atoms with E-state index in [0.717, 1.165) is 50.0 Å². The fraction of sp³-hybridized carbons (Fsp3) is 0.516. The number of halogens is 1. The molecular formula is C31H41FN2O7. The van der Waals surface area contributed by atoms with Crippen LogP contribution >= 0.6 is 0 Å². The third kappa shape index (κ3) is 10.5. The molecular weight excluding hydrogens is 531 g/mol. The van der Waals surface area contributed by atoms with Crippen molar-refractivity contribution in [3.63, 3.8) is 0 Å². The van der Waals surface area contributed by atoms with Crippen LogP contribution in [0.2, 0.25) is 0 Å². The zero-order chi connectivity index (χ0) is 29.9. The summed E-state index contributed by atoms with van der Waals surface area (Å²) in [6.45, 7) is 10.4. The van der Waals surface area contributed by atoms with E-state index < -0.39 is 11.9 Å². The van der Waals surface area contributed by atoms with Crippen molar-refractivity contribution in [3.8, 4) is 0 Å². The molecule has 0 spiro atoms. The number of hydrogen-bond acceptors (Lipinski definition) is 6. The van der Waals surface area contributed by atoms with Crippen molar-refractivity contribution in [2.45, 2.75) is 77.4 Å². The van der Waals surface area contributed by atoms with Crippen molar-refractivity contribution in [2.75, 3.05) is 26.2 Å². The maximum atomic E-state index is 13.5. The first-order chi connectivity index (χ1) is 19.5. The lowest BCUT2D eigenvalue weighted by atomic mass is 9.99. The molecule has 224 valence electrons. The molecule has 0 radical (unpaired) electrons. The Labute approximate surface area is 240 Å². The summed E-state index contributed by atoms with van der Waals surface area (Å²) < 4.78 is 24.9. The Hall–Kier alpha value is -3.34. The van der Waals surface area contributed by atoms with Gasteiger partial charge < -0.3 is 29.5 Å². The summed E-state index contributed by atoms with van der Waals surface area (Å²) in [7, 11) is 0. The average Bonchev–Trinajstić information content (AvgIpc) is 3.37. The minimum atomic E-state index is -1.82. The van der Waals surface area contributed by atoms with Crippen LogP contribution in [0.25, 0.3) is 0 Å². The lowest BCUT2D eigenvalue weighted by Crippen LogP contribution is -2.48. The van der Waals surface area contributed by atoms with Crippen LogP contribution in [0.5, 0.6) is 0 Å². The Morgan fingerprint density at radius 2 is 1.56 bits per heavy atom. The predicted octanol–water partition coefficient (Wildman–Crippen LogP) is 4.29. The van der Waals surface area contributed by atoms with Crippen LogP contribution in [-0.4, -0.2) is 82.5 Å². The normalized spacial score (nSPS) is 19.4. The summed E-state index contributed by atoms with van der Waals surface area (Å²) in [6, 6.07) is 15.1. The van der Waals surface area contributed by atoms with Crippen LogP contribution in [0, 0.1) is 5.82 Å². The molecule has 1 unspecified atom stereocenters. The third-order valence-corrected chi connectivity index (χ3v) is 7.35. The molecule has 0 aromatic heterocycles. The number of benzene rings is 2. The predicted molar refractivity (Wildman–Crippen MR) is 151 cm³/mol. The molecule has 2 heterocycles. The second-order valence-electron chi connectivity index (χ2n) is 10.9. The van der Waals surface area contributed by atoms with Crippen molar-refractivity contribution < 1.29 is 38.5 Å². The standard InChI is InChI=1S/C29H39FN2O3.C2H2O4/c1-21(2)25-8-4-23(5-9-25)18-28(33)32(19-24-6-10-26(30)11-7-24)27-12-15-31(16-13-27)17-14-29-34-20-22(3)35-29;3-1(4)2(5)6/h4-11,21-22,27,29H,12-20H2,1-3H3;(H,3,4)(H,5,6)/t22-,29?;/m0./s1. The number of carboxylic acid groups (broad SMARTS) is 2. The topological polar surface area (TPSA) is 117 Å². The number of likely N-dealkylation sites (tertiary alicyclic amines) is 1. The minimum absolute atomic E-state index is 0.0960. The molecule has 2 saturated heterocycles. The molecule has 0 bridgehead atoms. The van der Waals surface area contributed by atoms with Crippen molar-refractivity contribution in [1.29, 1.82) is 0 Å². The van der Waals surface area contributed by atoms with Crippen LogP contribution in [0.15, 0.2) is 48.5 Å². The fourth-order valence-electron chi connectivity index (χ4n) is 4.98. The molecule has 41 heavy (non-hydrogen) atoms. The molecule has 2 aliphatic heterocycles. The van der Waals surface area contributed by atoms with Crippen molar-refractivity contribution in [3.05, 3.63) is 71.0 Å². The molecule has 10 heteroatoms. The number of rotatable bonds is 9. The molecule has 0 saturated carbocycles. The highest BCUT2D eigenvalue weighted by Crippen LogP contribution is 2.23. The third-order valence-electron chi connectivity index (χ3n) is 7.35. The van der Waals surface area contributed by atoms with E-state index >= 15 is 0 Å². The van der Waals surface area contributed by atoms with E-state index in [0.29, 0.717) is 25.5 Å². The van der Waals surface area contributed by atoms with Gasteiger partial charge in [0.25, 0.3) is 0 Å². The highest BCUT2D eigenvalue weighted by Gasteiger charge is 2.29. The van der Waals surface area contributed by atoms with E-state index in [1.807, 2.05) is 11.8 Å². The van der Waals surface area contributed by atoms with Crippen LogP contribution in [-0.2, 0) is 36.8 Å². The molecule has 2 aromatic carbocycles. The second kappa shape index (κ2) is 15.6. The van der Waals surface area contributed by atoms with Gasteiger partial charge in [-0.1, -0.05) is 50.2 Å². The number of aliphatic carboxylic acids is 2. The van der Waals surface area contributed by atoms with Gasteiger partial charge in [0.05, 0.1) is 19.1 Å². The molecule has 0 aliphatic carbocycles. The number of carbonyl (C=O) groups excluding carboxylic acids is 1. The first-order valence-electron chi connectivity index (χ1n) is 14.1. The molecule has 2 N–H and O–H groups in total. The number of piperidine rings is 1. The van der Waals surface area contributed by atoms with E-state index in [-0.39, 0.29) is 30.2 Å². The summed E-state index contributed by atoms with van der Waals surface area (Å²) in [5.74, 6) is -3.30. The Morgan fingerprint density at radius 1 is 0.976 bits per heavy atom. The molecule has 1 amide bonds. The van der Waals surface area contributed by atoms with Crippen LogP contribution < -0.4 is 0 Å². The van der Waals surface area contributed by atoms with Crippen LogP contribution in [0.3, 0.4) is 0 Å². The number of hydrogen-bond donors (Lipinski definition) is 2. The Bertz CT molecular complexity index is 1120. The lowest BCUT2D eigenvalue weighted by molar-refractivity contribution is -0.159. The minimum Gasteiger partial charge on any atom is -0.473 e. The smallest absolute Gasteiger partial charge is 0.414 e. The van der Waals surface area contributed by atoms with Gasteiger partial charge in [0.15, 0.2) is 6.29 Å². The quantitative estimate of drug-likeness (QED) is 0.428. The van der Waals surface area contributed by atoms with Crippen LogP contribution in [0.4, 0.5) is 4.39 Å². The molecule has 2 aromatic rings. The van der Waals surface area contributed by atoms with Crippen molar-refractivity contribution in [1.82, 2.24) is 9.80 Å². The summed E-state index contributed by atoms with van der Waals surface area (Å²) in [6.07, 6.45) is 3.21. The van der Waals surface area contributed by atoms with Gasteiger partial charge in [-0.3, -0.25) is 4.79 Å². The van der Waals surface area contributed by atoms with Crippen molar-refractivity contribution >= 4 is 17.8 Å². The first-order valence-corrected chi connectivity index (χ1v) is 14.1. The monoisotopic (exact) mass is 572 g/mol. The van der Waals surface area contributed by atoms with E-state index in [2.05, 4.69) is 43.0 Å². The maximum absolute atomic E-state index is 13.5. The number of carbonyl (C=O) groups is 3. The number of carboxylic acids is 2. The summed E-state index contributed by atoms with van der Waals surface area (Å²) in [5, 5.41) is 14.8. The highest BCUT2D eigenvalue weighted by molar-refractivity contribution is 6.27. The summed E-state index contributed by atoms with van der Waals surface area (Å²) >= 11 is 0. The van der Waals surface area contributed by atoms with E-state index in [1.54, 1.807) is 12.1 Å². The number of nitrogens with zero attached hydrogens (tertiary/aromatic N) is 2. The SMILES string of the molecule is CC(C)c1ccc(CC(=O)N(Cc2ccc(F)cc2)C2CCN(CCC3OC[C@H](C)O3)CC2)cc1.O=C(O)C(=O)O. The van der Waals surface area contributed by atoms with Gasteiger partial charge in [-0.25, -0.2) is 14.0 Å². The number of ether oxygens (including phenoxy) is 2. The van der Waals surface area contributed by atoms with Gasteiger partial charge in [-0.2, -0.15) is 0 Å². The maximum Gasteiger partial charge on any atom is 0.414 e. The van der Waals surface area contributed by atoms with Crippen LogP contribution in [0.1, 0.15) is 62.6 Å². The van der Waals surface area contributed by atoms with Gasteiger partial charge >= 0.3 is 11.9 Å². The zero-order valence-electron chi connectivity index (χ0n) is 24.0. The Balaban J connectivity index is 0.000000696. The Kier molecular flexibility index (Phi) is 12.2. The second-order valence-corrected chi connectivity index (χ2v) is 10.9. The number of amides is 1. The van der Waals surface area contributed by atoms with E-state index in [4.69, 9.17) is 29.3 Å². The fourth-order valence-corrected chi connectivity index (χ4v) is 4.98. The molecule has 2 fully saturated rings. The van der Waals surface area contributed by atoms with Crippen molar-refractivity contribution in [2.24, 2.45) is 0 Å². The molecule has 2 atom stereocenters. The van der Waals surface area contributed by atoms with Gasteiger partial charge in [-0.05, 0) is 54.5 Å². The van der Waals surface area contributed by atoms with Gasteiger partial charge in [0.1, 0.15) is 5.82 Å². The summed E-state index contributed by atoms with van der Waals surface area (Å²) in [4.78, 5) is 36.2.